The van der Waals surface area contributed by atoms with Crippen LogP contribution in [0.2, 0.25) is 5.02 Å². The molecule has 3 aromatic rings. The summed E-state index contributed by atoms with van der Waals surface area (Å²) in [5, 5.41) is 15.0. The minimum atomic E-state index is -0.757. The Morgan fingerprint density at radius 1 is 1.07 bits per heavy atom. The number of aromatic hydroxyl groups is 1. The zero-order valence-electron chi connectivity index (χ0n) is 14.6. The maximum absolute atomic E-state index is 12.2. The Balaban J connectivity index is 1.61. The second-order valence-corrected chi connectivity index (χ2v) is 6.57. The van der Waals surface area contributed by atoms with Crippen molar-refractivity contribution in [3.05, 3.63) is 76.8 Å². The van der Waals surface area contributed by atoms with Crippen LogP contribution >= 0.6 is 11.6 Å². The van der Waals surface area contributed by atoms with Crippen LogP contribution in [0.5, 0.6) is 5.75 Å². The number of carbonyl (C=O) groups is 2. The summed E-state index contributed by atoms with van der Waals surface area (Å²) in [5.74, 6) is -1.38. The lowest BCUT2D eigenvalue weighted by Crippen LogP contribution is -2.31. The monoisotopic (exact) mass is 383 g/mol. The second-order valence-electron chi connectivity index (χ2n) is 6.13. The van der Waals surface area contributed by atoms with Crippen LogP contribution in [0.4, 0.5) is 0 Å². The molecule has 0 aromatic heterocycles. The predicted octanol–water partition coefficient (Wildman–Crippen LogP) is 4.23. The molecule has 0 saturated carbocycles. The van der Waals surface area contributed by atoms with E-state index in [9.17, 15) is 14.7 Å². The van der Waals surface area contributed by atoms with Gasteiger partial charge in [0.05, 0.1) is 6.04 Å². The number of hydrogen-bond acceptors (Lipinski definition) is 4. The molecule has 3 rings (SSSR count). The number of esters is 1. The van der Waals surface area contributed by atoms with Crippen LogP contribution in [-0.4, -0.2) is 23.6 Å². The summed E-state index contributed by atoms with van der Waals surface area (Å²) >= 11 is 5.85. The maximum Gasteiger partial charge on any atom is 0.342 e. The molecule has 2 N–H and O–H groups in total. The topological polar surface area (TPSA) is 75.6 Å². The molecule has 0 aliphatic carbocycles. The minimum absolute atomic E-state index is 0.0206. The van der Waals surface area contributed by atoms with Crippen molar-refractivity contribution < 1.29 is 19.4 Å². The van der Waals surface area contributed by atoms with Gasteiger partial charge in [0.15, 0.2) is 6.61 Å². The average molecular weight is 384 g/mol. The minimum Gasteiger partial charge on any atom is -0.507 e. The summed E-state index contributed by atoms with van der Waals surface area (Å²) in [5.41, 5.74) is 0.901. The van der Waals surface area contributed by atoms with Gasteiger partial charge in [0.2, 0.25) is 0 Å². The van der Waals surface area contributed by atoms with Gasteiger partial charge in [-0.3, -0.25) is 4.79 Å². The molecule has 0 saturated heterocycles. The second kappa shape index (κ2) is 8.10. The molecular formula is C21H18ClNO4. The Bertz CT molecular complexity index is 985. The van der Waals surface area contributed by atoms with E-state index in [0.717, 1.165) is 16.3 Å². The zero-order chi connectivity index (χ0) is 19.4. The van der Waals surface area contributed by atoms with Crippen molar-refractivity contribution in [1.82, 2.24) is 5.32 Å². The number of carbonyl (C=O) groups excluding carboxylic acids is 2. The molecule has 0 fully saturated rings. The zero-order valence-corrected chi connectivity index (χ0v) is 15.4. The number of nitrogens with one attached hydrogen (secondary N) is 1. The van der Waals surface area contributed by atoms with Gasteiger partial charge in [-0.2, -0.15) is 0 Å². The average Bonchev–Trinajstić information content (AvgIpc) is 2.66. The fourth-order valence-electron chi connectivity index (χ4n) is 2.72. The highest BCUT2D eigenvalue weighted by Gasteiger charge is 2.16. The van der Waals surface area contributed by atoms with E-state index in [1.807, 2.05) is 43.3 Å². The largest absolute Gasteiger partial charge is 0.507 e. The first kappa shape index (κ1) is 18.7. The number of phenols is 1. The number of benzene rings is 3. The summed E-state index contributed by atoms with van der Waals surface area (Å²) in [6.45, 7) is 1.38. The smallest absolute Gasteiger partial charge is 0.342 e. The molecule has 0 heterocycles. The van der Waals surface area contributed by atoms with Crippen LogP contribution in [0.25, 0.3) is 10.8 Å². The lowest BCUT2D eigenvalue weighted by molar-refractivity contribution is -0.124. The van der Waals surface area contributed by atoms with Gasteiger partial charge in [-0.15, -0.1) is 0 Å². The molecule has 0 bridgehead atoms. The number of halogens is 1. The van der Waals surface area contributed by atoms with Gasteiger partial charge >= 0.3 is 5.97 Å². The summed E-state index contributed by atoms with van der Waals surface area (Å²) < 4.78 is 5.04. The molecule has 1 atom stereocenters. The normalized spacial score (nSPS) is 11.8. The summed E-state index contributed by atoms with van der Waals surface area (Å²) in [6.07, 6.45) is 0. The molecule has 1 amide bonds. The molecule has 27 heavy (non-hydrogen) atoms. The van der Waals surface area contributed by atoms with Gasteiger partial charge in [-0.1, -0.05) is 48.0 Å². The molecule has 6 heteroatoms. The number of ether oxygens (including phenoxy) is 1. The summed E-state index contributed by atoms with van der Waals surface area (Å²) in [7, 11) is 0. The first-order valence-electron chi connectivity index (χ1n) is 8.38. The van der Waals surface area contributed by atoms with E-state index in [1.165, 1.54) is 6.07 Å². The highest BCUT2D eigenvalue weighted by molar-refractivity contribution is 6.30. The van der Waals surface area contributed by atoms with Crippen molar-refractivity contribution in [3.63, 3.8) is 0 Å². The van der Waals surface area contributed by atoms with Crippen LogP contribution in [0.3, 0.4) is 0 Å². The van der Waals surface area contributed by atoms with Crippen LogP contribution in [0.1, 0.15) is 28.9 Å². The van der Waals surface area contributed by atoms with Crippen LogP contribution < -0.4 is 5.32 Å². The molecular weight excluding hydrogens is 366 g/mol. The number of amides is 1. The molecule has 3 aromatic carbocycles. The van der Waals surface area contributed by atoms with Gasteiger partial charge in [-0.25, -0.2) is 4.79 Å². The molecule has 0 spiro atoms. The molecule has 0 aliphatic rings. The molecule has 5 nitrogen and oxygen atoms in total. The lowest BCUT2D eigenvalue weighted by atomic mass is 10.1. The lowest BCUT2D eigenvalue weighted by Gasteiger charge is -2.14. The SMILES string of the molecule is C[C@@H](NC(=O)COC(=O)c1cc2ccccc2cc1O)c1ccc(Cl)cc1. The van der Waals surface area contributed by atoms with Gasteiger partial charge in [0, 0.05) is 5.02 Å². The Morgan fingerprint density at radius 3 is 2.37 bits per heavy atom. The van der Waals surface area contributed by atoms with Crippen LogP contribution in [0, 0.1) is 0 Å². The van der Waals surface area contributed by atoms with Gasteiger partial charge in [-0.05, 0) is 47.5 Å². The van der Waals surface area contributed by atoms with E-state index in [-0.39, 0.29) is 17.4 Å². The predicted molar refractivity (Wildman–Crippen MR) is 104 cm³/mol. The molecule has 0 aliphatic heterocycles. The Labute approximate surface area is 161 Å². The van der Waals surface area contributed by atoms with Crippen molar-refractivity contribution in [2.24, 2.45) is 0 Å². The third-order valence-corrected chi connectivity index (χ3v) is 4.42. The fraction of sp³-hybridized carbons (Fsp3) is 0.143. The molecule has 138 valence electrons. The number of fused-ring (bicyclic) bond motifs is 1. The first-order chi connectivity index (χ1) is 12.9. The fourth-order valence-corrected chi connectivity index (χ4v) is 2.84. The maximum atomic E-state index is 12.2. The number of hydrogen-bond donors (Lipinski definition) is 2. The number of phenolic OH excluding ortho intramolecular Hbond substituents is 1. The van der Waals surface area contributed by atoms with E-state index in [0.29, 0.717) is 5.02 Å². The highest BCUT2D eigenvalue weighted by atomic mass is 35.5. The Morgan fingerprint density at radius 2 is 1.70 bits per heavy atom. The highest BCUT2D eigenvalue weighted by Crippen LogP contribution is 2.25. The van der Waals surface area contributed by atoms with Crippen molar-refractivity contribution >= 4 is 34.2 Å². The van der Waals surface area contributed by atoms with Crippen molar-refractivity contribution in [1.29, 1.82) is 0 Å². The van der Waals surface area contributed by atoms with Crippen molar-refractivity contribution in [2.45, 2.75) is 13.0 Å². The van der Waals surface area contributed by atoms with E-state index in [1.54, 1.807) is 18.2 Å². The molecule has 0 unspecified atom stereocenters. The van der Waals surface area contributed by atoms with E-state index >= 15 is 0 Å². The summed E-state index contributed by atoms with van der Waals surface area (Å²) in [4.78, 5) is 24.3. The van der Waals surface area contributed by atoms with Crippen molar-refractivity contribution in [3.8, 4) is 5.75 Å². The van der Waals surface area contributed by atoms with Gasteiger partial charge in [0.25, 0.3) is 5.91 Å². The van der Waals surface area contributed by atoms with Crippen LogP contribution in [-0.2, 0) is 9.53 Å². The Kier molecular flexibility index (Phi) is 5.62. The number of rotatable bonds is 5. The van der Waals surface area contributed by atoms with Crippen molar-refractivity contribution in [2.75, 3.05) is 6.61 Å². The van der Waals surface area contributed by atoms with Gasteiger partial charge in [0.1, 0.15) is 11.3 Å². The third kappa shape index (κ3) is 4.57. The first-order valence-corrected chi connectivity index (χ1v) is 8.75. The van der Waals surface area contributed by atoms with E-state index < -0.39 is 18.5 Å². The quantitative estimate of drug-likeness (QED) is 0.646. The van der Waals surface area contributed by atoms with E-state index in [4.69, 9.17) is 16.3 Å². The Hall–Kier alpha value is -3.05. The third-order valence-electron chi connectivity index (χ3n) is 4.17. The van der Waals surface area contributed by atoms with E-state index in [2.05, 4.69) is 5.32 Å². The van der Waals surface area contributed by atoms with Crippen LogP contribution in [0.15, 0.2) is 60.7 Å². The summed E-state index contributed by atoms with van der Waals surface area (Å²) in [6, 6.07) is 17.2. The van der Waals surface area contributed by atoms with Gasteiger partial charge < -0.3 is 15.2 Å². The molecule has 0 radical (unpaired) electrons. The standard InChI is InChI=1S/C21H18ClNO4/c1-13(14-6-8-17(22)9-7-14)23-20(25)12-27-21(26)18-10-15-4-2-3-5-16(15)11-19(18)24/h2-11,13,24H,12H2,1H3,(H,23,25)/t13-/m1/s1.